The van der Waals surface area contributed by atoms with Gasteiger partial charge in [0.15, 0.2) is 0 Å². The molecule has 3 rings (SSSR count). The van der Waals surface area contributed by atoms with E-state index in [0.29, 0.717) is 17.0 Å². The van der Waals surface area contributed by atoms with Gasteiger partial charge < -0.3 is 15.2 Å². The fraction of sp³-hybridized carbons (Fsp3) is 0.316. The molecule has 1 amide bonds. The molecule has 1 aliphatic rings. The fourth-order valence-corrected chi connectivity index (χ4v) is 3.74. The highest BCUT2D eigenvalue weighted by Crippen LogP contribution is 2.36. The highest BCUT2D eigenvalue weighted by Gasteiger charge is 2.35. The van der Waals surface area contributed by atoms with E-state index >= 15 is 0 Å². The van der Waals surface area contributed by atoms with Gasteiger partial charge in [-0.15, -0.1) is 0 Å². The van der Waals surface area contributed by atoms with Gasteiger partial charge in [-0.3, -0.25) is 4.79 Å². The SMILES string of the molecule is COc1ccc2c(c1)CCCC2(O)CNC(=O)c1ccc(Cl)cc1Cl. The van der Waals surface area contributed by atoms with Crippen LogP contribution in [0.15, 0.2) is 36.4 Å². The van der Waals surface area contributed by atoms with Crippen LogP contribution in [-0.2, 0) is 12.0 Å². The molecule has 2 aromatic carbocycles. The number of aryl methyl sites for hydroxylation is 1. The first-order valence-electron chi connectivity index (χ1n) is 8.06. The standard InChI is InChI=1S/C19H19Cl2NO3/c1-25-14-5-7-16-12(9-14)3-2-8-19(16,24)11-22-18(23)15-6-4-13(20)10-17(15)21/h4-7,9-10,24H,2-3,8,11H2,1H3,(H,22,23). The van der Waals surface area contributed by atoms with Crippen LogP contribution in [0.3, 0.4) is 0 Å². The number of rotatable bonds is 4. The van der Waals surface area contributed by atoms with Crippen molar-refractivity contribution in [3.8, 4) is 5.75 Å². The number of amides is 1. The molecule has 132 valence electrons. The van der Waals surface area contributed by atoms with Gasteiger partial charge in [-0.25, -0.2) is 0 Å². The van der Waals surface area contributed by atoms with Gasteiger partial charge in [-0.2, -0.15) is 0 Å². The van der Waals surface area contributed by atoms with Gasteiger partial charge >= 0.3 is 0 Å². The molecule has 1 unspecified atom stereocenters. The van der Waals surface area contributed by atoms with E-state index in [-0.39, 0.29) is 17.5 Å². The Hall–Kier alpha value is -1.75. The van der Waals surface area contributed by atoms with E-state index in [2.05, 4.69) is 5.32 Å². The van der Waals surface area contributed by atoms with Crippen LogP contribution < -0.4 is 10.1 Å². The summed E-state index contributed by atoms with van der Waals surface area (Å²) in [5.41, 5.74) is 1.11. The van der Waals surface area contributed by atoms with E-state index in [1.54, 1.807) is 19.2 Å². The Kier molecular flexibility index (Phi) is 5.23. The molecule has 0 saturated heterocycles. The van der Waals surface area contributed by atoms with Crippen molar-refractivity contribution < 1.29 is 14.6 Å². The lowest BCUT2D eigenvalue weighted by atomic mass is 9.79. The molecule has 25 heavy (non-hydrogen) atoms. The number of nitrogens with one attached hydrogen (secondary N) is 1. The molecular formula is C19H19Cl2NO3. The smallest absolute Gasteiger partial charge is 0.252 e. The number of hydrogen-bond donors (Lipinski definition) is 2. The van der Waals surface area contributed by atoms with Crippen molar-refractivity contribution in [3.63, 3.8) is 0 Å². The van der Waals surface area contributed by atoms with E-state index in [1.165, 1.54) is 6.07 Å². The zero-order valence-corrected chi connectivity index (χ0v) is 15.3. The summed E-state index contributed by atoms with van der Waals surface area (Å²) < 4.78 is 5.25. The summed E-state index contributed by atoms with van der Waals surface area (Å²) in [6.45, 7) is 0.115. The number of methoxy groups -OCH3 is 1. The number of fused-ring (bicyclic) bond motifs is 1. The van der Waals surface area contributed by atoms with Crippen LogP contribution in [0.4, 0.5) is 0 Å². The predicted octanol–water partition coefficient (Wildman–Crippen LogP) is 3.96. The summed E-state index contributed by atoms with van der Waals surface area (Å²) in [5, 5.41) is 14.6. The van der Waals surface area contributed by atoms with Crippen LogP contribution >= 0.6 is 23.2 Å². The summed E-state index contributed by atoms with van der Waals surface area (Å²) in [4.78, 5) is 12.4. The van der Waals surface area contributed by atoms with Crippen molar-refractivity contribution in [1.29, 1.82) is 0 Å². The molecule has 0 radical (unpaired) electrons. The second-order valence-electron chi connectivity index (χ2n) is 6.22. The molecule has 0 bridgehead atoms. The summed E-state index contributed by atoms with van der Waals surface area (Å²) in [6, 6.07) is 10.3. The molecule has 2 N–H and O–H groups in total. The molecule has 0 saturated carbocycles. The average Bonchev–Trinajstić information content (AvgIpc) is 2.59. The Morgan fingerprint density at radius 2 is 2.08 bits per heavy atom. The minimum atomic E-state index is -1.10. The quantitative estimate of drug-likeness (QED) is 0.844. The summed E-state index contributed by atoms with van der Waals surface area (Å²) in [6.07, 6.45) is 2.31. The Bertz CT molecular complexity index is 809. The first-order valence-corrected chi connectivity index (χ1v) is 8.81. The normalized spacial score (nSPS) is 19.2. The zero-order chi connectivity index (χ0) is 18.0. The molecule has 6 heteroatoms. The predicted molar refractivity (Wildman–Crippen MR) is 98.6 cm³/mol. The molecular weight excluding hydrogens is 361 g/mol. The van der Waals surface area contributed by atoms with Crippen molar-refractivity contribution in [2.75, 3.05) is 13.7 Å². The van der Waals surface area contributed by atoms with Gasteiger partial charge in [0.25, 0.3) is 5.91 Å². The maximum Gasteiger partial charge on any atom is 0.252 e. The number of hydrogen-bond acceptors (Lipinski definition) is 3. The van der Waals surface area contributed by atoms with Gasteiger partial charge in [0, 0.05) is 5.02 Å². The Morgan fingerprint density at radius 3 is 2.80 bits per heavy atom. The topological polar surface area (TPSA) is 58.6 Å². The molecule has 1 aliphatic carbocycles. The van der Waals surface area contributed by atoms with Gasteiger partial charge in [0.05, 0.1) is 24.2 Å². The summed E-state index contributed by atoms with van der Waals surface area (Å²) in [7, 11) is 1.62. The largest absolute Gasteiger partial charge is 0.497 e. The fourth-order valence-electron chi connectivity index (χ4n) is 3.24. The average molecular weight is 380 g/mol. The van der Waals surface area contributed by atoms with E-state index in [9.17, 15) is 9.90 Å². The number of carbonyl (C=O) groups is 1. The number of carbonyl (C=O) groups excluding carboxylic acids is 1. The maximum atomic E-state index is 12.4. The lowest BCUT2D eigenvalue weighted by Crippen LogP contribution is -2.43. The van der Waals surface area contributed by atoms with Crippen LogP contribution in [-0.4, -0.2) is 24.7 Å². The third kappa shape index (κ3) is 3.76. The monoisotopic (exact) mass is 379 g/mol. The van der Waals surface area contributed by atoms with Crippen LogP contribution in [0.5, 0.6) is 5.75 Å². The summed E-state index contributed by atoms with van der Waals surface area (Å²) >= 11 is 11.9. The second kappa shape index (κ2) is 7.24. The molecule has 0 spiro atoms. The van der Waals surface area contributed by atoms with Gasteiger partial charge in [0.2, 0.25) is 0 Å². The third-order valence-electron chi connectivity index (χ3n) is 4.57. The summed E-state index contributed by atoms with van der Waals surface area (Å²) in [5.74, 6) is 0.427. The van der Waals surface area contributed by atoms with Crippen LogP contribution in [0, 0.1) is 0 Å². The minimum Gasteiger partial charge on any atom is -0.497 e. The van der Waals surface area contributed by atoms with E-state index in [4.69, 9.17) is 27.9 Å². The minimum absolute atomic E-state index is 0.115. The van der Waals surface area contributed by atoms with Crippen molar-refractivity contribution in [1.82, 2.24) is 5.32 Å². The van der Waals surface area contributed by atoms with E-state index < -0.39 is 5.60 Å². The number of aliphatic hydroxyl groups is 1. The van der Waals surface area contributed by atoms with Gasteiger partial charge in [-0.05, 0) is 60.7 Å². The van der Waals surface area contributed by atoms with Gasteiger partial charge in [-0.1, -0.05) is 29.3 Å². The number of ether oxygens (including phenoxy) is 1. The van der Waals surface area contributed by atoms with Crippen LogP contribution in [0.1, 0.15) is 34.3 Å². The van der Waals surface area contributed by atoms with Crippen molar-refractivity contribution in [2.24, 2.45) is 0 Å². The second-order valence-corrected chi connectivity index (χ2v) is 7.06. The van der Waals surface area contributed by atoms with Gasteiger partial charge in [0.1, 0.15) is 11.4 Å². The number of halogens is 2. The van der Waals surface area contributed by atoms with E-state index in [1.807, 2.05) is 18.2 Å². The number of benzene rings is 2. The highest BCUT2D eigenvalue weighted by molar-refractivity contribution is 6.36. The highest BCUT2D eigenvalue weighted by atomic mass is 35.5. The van der Waals surface area contributed by atoms with Crippen LogP contribution in [0.2, 0.25) is 10.0 Å². The molecule has 0 fully saturated rings. The lowest BCUT2D eigenvalue weighted by Gasteiger charge is -2.35. The zero-order valence-electron chi connectivity index (χ0n) is 13.8. The van der Waals surface area contributed by atoms with Crippen molar-refractivity contribution >= 4 is 29.1 Å². The Balaban J connectivity index is 1.78. The molecule has 0 aliphatic heterocycles. The van der Waals surface area contributed by atoms with Crippen LogP contribution in [0.25, 0.3) is 0 Å². The van der Waals surface area contributed by atoms with E-state index in [0.717, 1.165) is 29.7 Å². The van der Waals surface area contributed by atoms with Crippen molar-refractivity contribution in [2.45, 2.75) is 24.9 Å². The molecule has 0 aromatic heterocycles. The Labute approximate surface area is 156 Å². The molecule has 2 aromatic rings. The molecule has 1 atom stereocenters. The first-order chi connectivity index (χ1) is 11.9. The van der Waals surface area contributed by atoms with Crippen molar-refractivity contribution in [3.05, 3.63) is 63.1 Å². The lowest BCUT2D eigenvalue weighted by molar-refractivity contribution is 0.0189. The molecule has 0 heterocycles. The Morgan fingerprint density at radius 1 is 1.28 bits per heavy atom. The maximum absolute atomic E-state index is 12.4. The molecule has 4 nitrogen and oxygen atoms in total. The third-order valence-corrected chi connectivity index (χ3v) is 5.12. The first kappa shape index (κ1) is 18.1.